The first-order valence-electron chi connectivity index (χ1n) is 6.18. The van der Waals surface area contributed by atoms with Gasteiger partial charge in [-0.25, -0.2) is 4.79 Å². The molecule has 1 aliphatic rings. The van der Waals surface area contributed by atoms with Gasteiger partial charge in [0, 0.05) is 5.54 Å². The van der Waals surface area contributed by atoms with E-state index in [4.69, 9.17) is 0 Å². The van der Waals surface area contributed by atoms with Crippen molar-refractivity contribution in [2.45, 2.75) is 38.6 Å². The van der Waals surface area contributed by atoms with Crippen molar-refractivity contribution in [1.29, 1.82) is 0 Å². The van der Waals surface area contributed by atoms with Gasteiger partial charge in [0.15, 0.2) is 6.23 Å². The number of nitrogens with zero attached hydrogens (tertiary/aromatic N) is 1. The van der Waals surface area contributed by atoms with Crippen LogP contribution in [0.15, 0.2) is 30.3 Å². The third-order valence-corrected chi connectivity index (χ3v) is 2.90. The van der Waals surface area contributed by atoms with Gasteiger partial charge in [-0.05, 0) is 26.3 Å². The zero-order valence-electron chi connectivity index (χ0n) is 11.3. The van der Waals surface area contributed by atoms with E-state index in [2.05, 4.69) is 5.32 Å². The lowest BCUT2D eigenvalue weighted by Crippen LogP contribution is -2.65. The fourth-order valence-corrected chi connectivity index (χ4v) is 2.05. The zero-order valence-corrected chi connectivity index (χ0v) is 11.3. The minimum absolute atomic E-state index is 0.352. The third-order valence-electron chi connectivity index (χ3n) is 2.90. The first kappa shape index (κ1) is 13.5. The molecule has 2 atom stereocenters. The molecule has 5 nitrogen and oxygen atoms in total. The summed E-state index contributed by atoms with van der Waals surface area (Å²) in [6, 6.07) is 7.84. The van der Waals surface area contributed by atoms with E-state index in [0.717, 1.165) is 0 Å². The summed E-state index contributed by atoms with van der Waals surface area (Å²) in [5, 5.41) is 12.4. The second kappa shape index (κ2) is 4.66. The number of hydrogen-bond acceptors (Lipinski definition) is 3. The molecule has 1 fully saturated rings. The first-order chi connectivity index (χ1) is 8.81. The summed E-state index contributed by atoms with van der Waals surface area (Å²) < 4.78 is 0. The maximum absolute atomic E-state index is 12.1. The second-order valence-electron chi connectivity index (χ2n) is 5.68. The molecule has 0 aromatic heterocycles. The molecule has 1 aromatic carbocycles. The van der Waals surface area contributed by atoms with Gasteiger partial charge in [0.05, 0.1) is 0 Å². The van der Waals surface area contributed by atoms with Crippen LogP contribution >= 0.6 is 0 Å². The smallest absolute Gasteiger partial charge is 0.321 e. The number of ketones is 1. The van der Waals surface area contributed by atoms with Crippen LogP contribution in [0.3, 0.4) is 0 Å². The lowest BCUT2D eigenvalue weighted by molar-refractivity contribution is -0.161. The van der Waals surface area contributed by atoms with E-state index in [1.54, 1.807) is 24.3 Å². The molecule has 2 amide bonds. The number of aliphatic hydroxyl groups excluding tert-OH is 1. The van der Waals surface area contributed by atoms with Gasteiger partial charge in [0.1, 0.15) is 6.04 Å². The summed E-state index contributed by atoms with van der Waals surface area (Å²) in [6.45, 7) is 5.53. The third kappa shape index (κ3) is 2.61. The Bertz CT molecular complexity index is 493. The monoisotopic (exact) mass is 262 g/mol. The van der Waals surface area contributed by atoms with E-state index >= 15 is 0 Å². The minimum Gasteiger partial charge on any atom is -0.367 e. The number of amides is 2. The summed E-state index contributed by atoms with van der Waals surface area (Å²) in [5.74, 6) is -0.352. The zero-order chi connectivity index (χ0) is 14.2. The largest absolute Gasteiger partial charge is 0.367 e. The Morgan fingerprint density at radius 3 is 2.37 bits per heavy atom. The van der Waals surface area contributed by atoms with Crippen LogP contribution < -0.4 is 5.32 Å². The number of aliphatic hydroxyl groups is 1. The van der Waals surface area contributed by atoms with Gasteiger partial charge in [-0.15, -0.1) is 0 Å². The Hall–Kier alpha value is -1.88. The van der Waals surface area contributed by atoms with Crippen LogP contribution in [0, 0.1) is 0 Å². The van der Waals surface area contributed by atoms with Crippen molar-refractivity contribution in [3.8, 4) is 0 Å². The van der Waals surface area contributed by atoms with E-state index < -0.39 is 23.8 Å². The number of benzene rings is 1. The number of carbonyl (C=O) groups is 2. The van der Waals surface area contributed by atoms with Crippen LogP contribution in [-0.4, -0.2) is 33.6 Å². The van der Waals surface area contributed by atoms with Crippen molar-refractivity contribution >= 4 is 11.8 Å². The van der Waals surface area contributed by atoms with Crippen molar-refractivity contribution in [2.75, 3.05) is 0 Å². The molecule has 19 heavy (non-hydrogen) atoms. The van der Waals surface area contributed by atoms with Crippen LogP contribution in [0.2, 0.25) is 0 Å². The van der Waals surface area contributed by atoms with E-state index in [1.165, 1.54) is 4.90 Å². The highest BCUT2D eigenvalue weighted by molar-refractivity contribution is 6.01. The number of hydrogen-bond donors (Lipinski definition) is 2. The Morgan fingerprint density at radius 2 is 1.84 bits per heavy atom. The number of nitrogens with one attached hydrogen (secondary N) is 1. The van der Waals surface area contributed by atoms with E-state index in [-0.39, 0.29) is 5.78 Å². The van der Waals surface area contributed by atoms with Gasteiger partial charge >= 0.3 is 6.03 Å². The number of urea groups is 1. The molecule has 1 aliphatic heterocycles. The Balaban J connectivity index is 2.20. The molecular weight excluding hydrogens is 244 g/mol. The first-order valence-corrected chi connectivity index (χ1v) is 6.18. The van der Waals surface area contributed by atoms with Crippen LogP contribution in [0.1, 0.15) is 32.4 Å². The molecule has 2 rings (SSSR count). The molecule has 0 radical (unpaired) electrons. The number of likely N-dealkylation sites (tertiary alicyclic amines) is 1. The molecule has 1 aromatic rings. The average molecular weight is 262 g/mol. The number of Topliss-reactive ketones (excluding diaryl/α,β-unsaturated/α-hetero) is 1. The molecule has 102 valence electrons. The molecular formula is C14H18N2O3. The highest BCUT2D eigenvalue weighted by Crippen LogP contribution is 2.34. The standard InChI is InChI=1S/C14H18N2O3/c1-14(2,3)15-13(19)16-10(11(17)12(16)18)9-7-5-4-6-8-9/h4-8,10,12,18H,1-3H3,(H,15,19)/t10-,12?/m0/s1. The van der Waals surface area contributed by atoms with Gasteiger partial charge in [0.2, 0.25) is 5.78 Å². The van der Waals surface area contributed by atoms with Crippen molar-refractivity contribution < 1.29 is 14.7 Å². The normalized spacial score (nSPS) is 22.9. The topological polar surface area (TPSA) is 69.6 Å². The van der Waals surface area contributed by atoms with Crippen molar-refractivity contribution in [1.82, 2.24) is 10.2 Å². The molecule has 5 heteroatoms. The molecule has 0 spiro atoms. The van der Waals surface area contributed by atoms with E-state index in [1.807, 2.05) is 26.8 Å². The van der Waals surface area contributed by atoms with Gasteiger partial charge in [0.25, 0.3) is 0 Å². The van der Waals surface area contributed by atoms with Crippen molar-refractivity contribution in [2.24, 2.45) is 0 Å². The molecule has 0 aliphatic carbocycles. The van der Waals surface area contributed by atoms with E-state index in [0.29, 0.717) is 5.56 Å². The second-order valence-corrected chi connectivity index (χ2v) is 5.68. The number of carbonyl (C=O) groups excluding carboxylic acids is 2. The average Bonchev–Trinajstić information content (AvgIpc) is 2.33. The van der Waals surface area contributed by atoms with Gasteiger partial charge < -0.3 is 10.4 Å². The predicted octanol–water partition coefficient (Wildman–Crippen LogP) is 1.44. The predicted molar refractivity (Wildman–Crippen MR) is 70.3 cm³/mol. The summed E-state index contributed by atoms with van der Waals surface area (Å²) in [7, 11) is 0. The van der Waals surface area contributed by atoms with Crippen LogP contribution in [-0.2, 0) is 4.79 Å². The maximum atomic E-state index is 12.1. The molecule has 1 saturated heterocycles. The fourth-order valence-electron chi connectivity index (χ4n) is 2.05. The number of rotatable bonds is 1. The Kier molecular flexibility index (Phi) is 3.32. The summed E-state index contributed by atoms with van der Waals surface area (Å²) >= 11 is 0. The van der Waals surface area contributed by atoms with Gasteiger partial charge in [-0.1, -0.05) is 30.3 Å². The molecule has 1 heterocycles. The highest BCUT2D eigenvalue weighted by Gasteiger charge is 2.50. The van der Waals surface area contributed by atoms with Crippen LogP contribution in [0.4, 0.5) is 4.79 Å². The summed E-state index contributed by atoms with van der Waals surface area (Å²) in [6.07, 6.45) is -1.35. The Morgan fingerprint density at radius 1 is 1.26 bits per heavy atom. The SMILES string of the molecule is CC(C)(C)NC(=O)N1C(O)C(=O)[C@@H]1c1ccccc1. The highest BCUT2D eigenvalue weighted by atomic mass is 16.3. The van der Waals surface area contributed by atoms with Gasteiger partial charge in [-0.3, -0.25) is 9.69 Å². The fraction of sp³-hybridized carbons (Fsp3) is 0.429. The van der Waals surface area contributed by atoms with Crippen molar-refractivity contribution in [3.63, 3.8) is 0 Å². The lowest BCUT2D eigenvalue weighted by atomic mass is 9.92. The molecule has 0 saturated carbocycles. The van der Waals surface area contributed by atoms with Crippen LogP contribution in [0.25, 0.3) is 0 Å². The maximum Gasteiger partial charge on any atom is 0.321 e. The van der Waals surface area contributed by atoms with Crippen LogP contribution in [0.5, 0.6) is 0 Å². The van der Waals surface area contributed by atoms with Gasteiger partial charge in [-0.2, -0.15) is 0 Å². The quantitative estimate of drug-likeness (QED) is 0.804. The summed E-state index contributed by atoms with van der Waals surface area (Å²) in [4.78, 5) is 25.0. The minimum atomic E-state index is -1.35. The lowest BCUT2D eigenvalue weighted by Gasteiger charge is -2.44. The molecule has 1 unspecified atom stereocenters. The molecule has 0 bridgehead atoms. The Labute approximate surface area is 112 Å². The van der Waals surface area contributed by atoms with Crippen molar-refractivity contribution in [3.05, 3.63) is 35.9 Å². The molecule has 2 N–H and O–H groups in total. The van der Waals surface area contributed by atoms with E-state index in [9.17, 15) is 14.7 Å². The summed E-state index contributed by atoms with van der Waals surface area (Å²) in [5.41, 5.74) is 0.290.